The maximum atomic E-state index is 12.0. The summed E-state index contributed by atoms with van der Waals surface area (Å²) in [6, 6.07) is -0.947. The number of nitrogens with zero attached hydrogens (tertiary/aromatic N) is 1. The van der Waals surface area contributed by atoms with E-state index in [1.165, 1.54) is 13.8 Å². The third-order valence-corrected chi connectivity index (χ3v) is 2.96. The first-order chi connectivity index (χ1) is 10.3. The summed E-state index contributed by atoms with van der Waals surface area (Å²) in [5, 5.41) is 0. The van der Waals surface area contributed by atoms with E-state index in [2.05, 4.69) is 0 Å². The Hall–Kier alpha value is -1.92. The lowest BCUT2D eigenvalue weighted by atomic mass is 10.1. The van der Waals surface area contributed by atoms with Crippen LogP contribution in [0.4, 0.5) is 0 Å². The van der Waals surface area contributed by atoms with E-state index in [0.717, 1.165) is 4.90 Å². The predicted molar refractivity (Wildman–Crippen MR) is 78.7 cm³/mol. The van der Waals surface area contributed by atoms with Gasteiger partial charge in [0.25, 0.3) is 0 Å². The molecule has 0 N–H and O–H groups in total. The molecular weight excluding hydrogens is 290 g/mol. The second-order valence-corrected chi connectivity index (χ2v) is 4.73. The molecule has 0 saturated carbocycles. The Bertz CT molecular complexity index is 393. The predicted octanol–water partition coefficient (Wildman–Crippen LogP) is 1.44. The van der Waals surface area contributed by atoms with Crippen LogP contribution in [0.2, 0.25) is 0 Å². The van der Waals surface area contributed by atoms with Crippen LogP contribution in [0.3, 0.4) is 0 Å². The van der Waals surface area contributed by atoms with Crippen molar-refractivity contribution in [2.75, 3.05) is 13.2 Å². The van der Waals surface area contributed by atoms with E-state index in [1.807, 2.05) is 0 Å². The van der Waals surface area contributed by atoms with Gasteiger partial charge in [-0.1, -0.05) is 6.42 Å². The summed E-state index contributed by atoms with van der Waals surface area (Å²) in [5.41, 5.74) is 0. The molecule has 1 unspecified atom stereocenters. The number of carbonyl (C=O) groups excluding carboxylic acids is 4. The maximum Gasteiger partial charge on any atom is 0.329 e. The first kappa shape index (κ1) is 20.1. The number of rotatable bonds is 9. The van der Waals surface area contributed by atoms with Crippen LogP contribution in [0.25, 0.3) is 0 Å². The largest absolute Gasteiger partial charge is 0.466 e. The fraction of sp³-hybridized carbons (Fsp3) is 0.733. The van der Waals surface area contributed by atoms with Crippen molar-refractivity contribution in [1.82, 2.24) is 4.90 Å². The molecule has 0 aromatic carbocycles. The van der Waals surface area contributed by atoms with Crippen LogP contribution < -0.4 is 0 Å². The summed E-state index contributed by atoms with van der Waals surface area (Å²) in [7, 11) is 0. The number of hydrogen-bond donors (Lipinski definition) is 0. The van der Waals surface area contributed by atoms with Crippen molar-refractivity contribution in [3.05, 3.63) is 0 Å². The molecule has 0 heterocycles. The van der Waals surface area contributed by atoms with Crippen LogP contribution in [0, 0.1) is 0 Å². The molecule has 1 atom stereocenters. The van der Waals surface area contributed by atoms with Crippen molar-refractivity contribution in [3.8, 4) is 0 Å². The quantitative estimate of drug-likeness (QED) is 0.472. The van der Waals surface area contributed by atoms with E-state index in [1.54, 1.807) is 13.8 Å². The maximum absolute atomic E-state index is 12.0. The Morgan fingerprint density at radius 1 is 0.909 bits per heavy atom. The number of unbranched alkanes of at least 4 members (excludes halogenated alkanes) is 1. The second-order valence-electron chi connectivity index (χ2n) is 4.73. The van der Waals surface area contributed by atoms with Gasteiger partial charge in [-0.05, 0) is 26.7 Å². The molecule has 7 nitrogen and oxygen atoms in total. The monoisotopic (exact) mass is 315 g/mol. The summed E-state index contributed by atoms with van der Waals surface area (Å²) < 4.78 is 9.74. The molecule has 0 spiro atoms. The van der Waals surface area contributed by atoms with E-state index in [4.69, 9.17) is 9.47 Å². The normalized spacial score (nSPS) is 11.5. The Labute approximate surface area is 130 Å². The lowest BCUT2D eigenvalue weighted by Crippen LogP contribution is -2.47. The first-order valence-electron chi connectivity index (χ1n) is 7.47. The zero-order chi connectivity index (χ0) is 17.1. The molecular formula is C15H25NO6. The third kappa shape index (κ3) is 7.19. The summed E-state index contributed by atoms with van der Waals surface area (Å²) in [6.07, 6.45) is 1.51. The lowest BCUT2D eigenvalue weighted by molar-refractivity contribution is -0.160. The van der Waals surface area contributed by atoms with Crippen LogP contribution in [-0.2, 0) is 28.7 Å². The second kappa shape index (κ2) is 10.8. The molecule has 22 heavy (non-hydrogen) atoms. The molecule has 0 aliphatic heterocycles. The molecule has 126 valence electrons. The van der Waals surface area contributed by atoms with E-state index < -0.39 is 23.8 Å². The summed E-state index contributed by atoms with van der Waals surface area (Å²) in [6.45, 7) is 6.33. The Kier molecular flexibility index (Phi) is 9.82. The molecule has 0 aliphatic rings. The van der Waals surface area contributed by atoms with Crippen molar-refractivity contribution in [2.24, 2.45) is 0 Å². The van der Waals surface area contributed by atoms with Gasteiger partial charge in [0.2, 0.25) is 11.8 Å². The summed E-state index contributed by atoms with van der Waals surface area (Å²) in [4.78, 5) is 47.3. The van der Waals surface area contributed by atoms with Crippen LogP contribution in [0.1, 0.15) is 53.4 Å². The lowest BCUT2D eigenvalue weighted by Gasteiger charge is -2.26. The number of amides is 2. The van der Waals surface area contributed by atoms with Gasteiger partial charge < -0.3 is 9.47 Å². The molecule has 0 aliphatic carbocycles. The Morgan fingerprint density at radius 3 is 1.91 bits per heavy atom. The van der Waals surface area contributed by atoms with Crippen LogP contribution in [0.5, 0.6) is 0 Å². The van der Waals surface area contributed by atoms with E-state index in [0.29, 0.717) is 19.4 Å². The Balaban J connectivity index is 4.67. The minimum Gasteiger partial charge on any atom is -0.466 e. The molecule has 0 radical (unpaired) electrons. The molecule has 0 bridgehead atoms. The van der Waals surface area contributed by atoms with Crippen molar-refractivity contribution >= 4 is 23.8 Å². The van der Waals surface area contributed by atoms with Crippen LogP contribution in [-0.4, -0.2) is 47.9 Å². The van der Waals surface area contributed by atoms with Gasteiger partial charge in [0, 0.05) is 20.3 Å². The first-order valence-corrected chi connectivity index (χ1v) is 7.47. The average Bonchev–Trinajstić information content (AvgIpc) is 2.41. The fourth-order valence-corrected chi connectivity index (χ4v) is 2.09. The van der Waals surface area contributed by atoms with Crippen LogP contribution in [0.15, 0.2) is 0 Å². The van der Waals surface area contributed by atoms with Gasteiger partial charge in [-0.2, -0.15) is 0 Å². The molecule has 2 amide bonds. The molecule has 0 fully saturated rings. The van der Waals surface area contributed by atoms with Gasteiger partial charge in [0.15, 0.2) is 0 Å². The number of carbonyl (C=O) groups is 4. The molecule has 0 saturated heterocycles. The Morgan fingerprint density at radius 2 is 1.45 bits per heavy atom. The van der Waals surface area contributed by atoms with E-state index >= 15 is 0 Å². The number of imide groups is 1. The number of ether oxygens (including phenoxy) is 2. The topological polar surface area (TPSA) is 90.0 Å². The highest BCUT2D eigenvalue weighted by atomic mass is 16.5. The highest BCUT2D eigenvalue weighted by molar-refractivity contribution is 5.97. The zero-order valence-corrected chi connectivity index (χ0v) is 13.7. The van der Waals surface area contributed by atoms with Gasteiger partial charge in [-0.25, -0.2) is 4.79 Å². The van der Waals surface area contributed by atoms with Gasteiger partial charge in [0.05, 0.1) is 13.2 Å². The van der Waals surface area contributed by atoms with Gasteiger partial charge in [-0.15, -0.1) is 0 Å². The van der Waals surface area contributed by atoms with Crippen molar-refractivity contribution in [1.29, 1.82) is 0 Å². The smallest absolute Gasteiger partial charge is 0.329 e. The third-order valence-electron chi connectivity index (χ3n) is 2.96. The van der Waals surface area contributed by atoms with Gasteiger partial charge in [0.1, 0.15) is 6.04 Å². The summed E-state index contributed by atoms with van der Waals surface area (Å²) >= 11 is 0. The highest BCUT2D eigenvalue weighted by Crippen LogP contribution is 2.13. The van der Waals surface area contributed by atoms with Crippen molar-refractivity contribution < 1.29 is 28.7 Å². The minimum absolute atomic E-state index is 0.168. The minimum atomic E-state index is -0.947. The standard InChI is InChI=1S/C15H25NO6/c1-5-21-14(19)10-8-7-9-13(15(20)22-6-2)16(11(3)17)12(4)18/h13H,5-10H2,1-4H3. The molecule has 7 heteroatoms. The number of esters is 2. The van der Waals surface area contributed by atoms with E-state index in [-0.39, 0.29) is 25.4 Å². The van der Waals surface area contributed by atoms with Crippen molar-refractivity contribution in [3.63, 3.8) is 0 Å². The highest BCUT2D eigenvalue weighted by Gasteiger charge is 2.31. The molecule has 0 aromatic rings. The zero-order valence-electron chi connectivity index (χ0n) is 13.7. The van der Waals surface area contributed by atoms with Crippen LogP contribution >= 0.6 is 0 Å². The van der Waals surface area contributed by atoms with Crippen molar-refractivity contribution in [2.45, 2.75) is 59.4 Å². The van der Waals surface area contributed by atoms with Gasteiger partial charge in [-0.3, -0.25) is 19.3 Å². The van der Waals surface area contributed by atoms with E-state index in [9.17, 15) is 19.2 Å². The SMILES string of the molecule is CCOC(=O)CCCCC(C(=O)OCC)N(C(C)=O)C(C)=O. The molecule has 0 rings (SSSR count). The molecule has 0 aromatic heterocycles. The average molecular weight is 315 g/mol. The summed E-state index contributed by atoms with van der Waals surface area (Å²) in [5.74, 6) is -1.92. The van der Waals surface area contributed by atoms with Gasteiger partial charge >= 0.3 is 11.9 Å². The number of hydrogen-bond acceptors (Lipinski definition) is 6. The fourth-order valence-electron chi connectivity index (χ4n) is 2.09.